The number of aryl methyl sites for hydroxylation is 1. The molecule has 98 valence electrons. The molecule has 1 saturated heterocycles. The van der Waals surface area contributed by atoms with Crippen molar-refractivity contribution < 1.29 is 4.74 Å². The second-order valence-electron chi connectivity index (χ2n) is 5.91. The van der Waals surface area contributed by atoms with Crippen LogP contribution in [-0.4, -0.2) is 25.8 Å². The first kappa shape index (κ1) is 12.2. The van der Waals surface area contributed by atoms with Crippen LogP contribution >= 0.6 is 0 Å². The standard InChI is InChI=1S/C16H23NO/c1-13-2-4-14(5-3-13)16(8-10-18-11-9-16)12-17-15-6-7-15/h2-5,15,17H,6-12H2,1H3. The third-order valence-corrected chi connectivity index (χ3v) is 4.42. The molecule has 0 spiro atoms. The zero-order chi connectivity index (χ0) is 12.4. The van der Waals surface area contributed by atoms with E-state index >= 15 is 0 Å². The van der Waals surface area contributed by atoms with Gasteiger partial charge in [0.1, 0.15) is 0 Å². The first-order chi connectivity index (χ1) is 8.78. The van der Waals surface area contributed by atoms with Gasteiger partial charge in [0.2, 0.25) is 0 Å². The number of benzene rings is 1. The van der Waals surface area contributed by atoms with Gasteiger partial charge in [-0.3, -0.25) is 0 Å². The van der Waals surface area contributed by atoms with Crippen molar-refractivity contribution in [2.75, 3.05) is 19.8 Å². The number of hydrogen-bond acceptors (Lipinski definition) is 2. The number of rotatable bonds is 4. The van der Waals surface area contributed by atoms with Crippen LogP contribution in [0.3, 0.4) is 0 Å². The van der Waals surface area contributed by atoms with Gasteiger partial charge >= 0.3 is 0 Å². The third kappa shape index (κ3) is 2.60. The summed E-state index contributed by atoms with van der Waals surface area (Å²) in [5.74, 6) is 0. The molecule has 1 aromatic carbocycles. The van der Waals surface area contributed by atoms with Crippen molar-refractivity contribution in [3.8, 4) is 0 Å². The molecule has 1 N–H and O–H groups in total. The average Bonchev–Trinajstić information content (AvgIpc) is 3.22. The number of hydrogen-bond donors (Lipinski definition) is 1. The Balaban J connectivity index is 1.80. The lowest BCUT2D eigenvalue weighted by molar-refractivity contribution is 0.0497. The van der Waals surface area contributed by atoms with Crippen LogP contribution in [0.2, 0.25) is 0 Å². The van der Waals surface area contributed by atoms with E-state index in [4.69, 9.17) is 4.74 Å². The maximum absolute atomic E-state index is 5.56. The molecule has 0 atom stereocenters. The molecule has 0 amide bonds. The number of ether oxygens (including phenoxy) is 1. The molecule has 0 radical (unpaired) electrons. The van der Waals surface area contributed by atoms with E-state index in [1.165, 1.54) is 24.0 Å². The highest BCUT2D eigenvalue weighted by molar-refractivity contribution is 5.30. The maximum atomic E-state index is 5.56. The molecule has 1 aliphatic carbocycles. The first-order valence-corrected chi connectivity index (χ1v) is 7.17. The summed E-state index contributed by atoms with van der Waals surface area (Å²) < 4.78 is 5.56. The molecule has 18 heavy (non-hydrogen) atoms. The molecule has 0 aromatic heterocycles. The van der Waals surface area contributed by atoms with E-state index in [9.17, 15) is 0 Å². The molecule has 2 nitrogen and oxygen atoms in total. The molecular weight excluding hydrogens is 222 g/mol. The van der Waals surface area contributed by atoms with E-state index in [1.807, 2.05) is 0 Å². The fourth-order valence-electron chi connectivity index (χ4n) is 2.86. The van der Waals surface area contributed by atoms with Gasteiger partial charge in [0, 0.05) is 31.2 Å². The zero-order valence-corrected chi connectivity index (χ0v) is 11.2. The van der Waals surface area contributed by atoms with E-state index in [2.05, 4.69) is 36.5 Å². The van der Waals surface area contributed by atoms with Crippen LogP contribution < -0.4 is 5.32 Å². The van der Waals surface area contributed by atoms with Gasteiger partial charge in [-0.2, -0.15) is 0 Å². The first-order valence-electron chi connectivity index (χ1n) is 7.17. The third-order valence-electron chi connectivity index (χ3n) is 4.42. The van der Waals surface area contributed by atoms with E-state index in [0.29, 0.717) is 5.41 Å². The second-order valence-corrected chi connectivity index (χ2v) is 5.91. The normalized spacial score (nSPS) is 22.9. The topological polar surface area (TPSA) is 21.3 Å². The van der Waals surface area contributed by atoms with E-state index in [0.717, 1.165) is 38.6 Å². The quantitative estimate of drug-likeness (QED) is 0.880. The highest BCUT2D eigenvalue weighted by Crippen LogP contribution is 2.35. The van der Waals surface area contributed by atoms with Crippen molar-refractivity contribution in [1.82, 2.24) is 5.32 Å². The average molecular weight is 245 g/mol. The van der Waals surface area contributed by atoms with E-state index in [-0.39, 0.29) is 0 Å². The van der Waals surface area contributed by atoms with Gasteiger partial charge in [-0.15, -0.1) is 0 Å². The van der Waals surface area contributed by atoms with Crippen LogP contribution in [0.25, 0.3) is 0 Å². The Morgan fingerprint density at radius 3 is 2.44 bits per heavy atom. The summed E-state index contributed by atoms with van der Waals surface area (Å²) in [5, 5.41) is 3.72. The Morgan fingerprint density at radius 1 is 1.17 bits per heavy atom. The minimum atomic E-state index is 0.300. The molecule has 1 aromatic rings. The van der Waals surface area contributed by atoms with E-state index in [1.54, 1.807) is 0 Å². The molecule has 1 heterocycles. The molecular formula is C16H23NO. The van der Waals surface area contributed by atoms with Crippen LogP contribution in [0.15, 0.2) is 24.3 Å². The van der Waals surface area contributed by atoms with Crippen LogP contribution in [0.1, 0.15) is 36.8 Å². The smallest absolute Gasteiger partial charge is 0.0475 e. The Labute approximate surface area is 110 Å². The minimum Gasteiger partial charge on any atom is -0.381 e. The van der Waals surface area contributed by atoms with Crippen molar-refractivity contribution in [3.05, 3.63) is 35.4 Å². The summed E-state index contributed by atoms with van der Waals surface area (Å²) in [6.07, 6.45) is 5.02. The second kappa shape index (κ2) is 5.02. The van der Waals surface area contributed by atoms with Gasteiger partial charge < -0.3 is 10.1 Å². The summed E-state index contributed by atoms with van der Waals surface area (Å²) in [7, 11) is 0. The molecule has 0 bridgehead atoms. The van der Waals surface area contributed by atoms with Crippen LogP contribution in [-0.2, 0) is 10.2 Å². The molecule has 2 fully saturated rings. The monoisotopic (exact) mass is 245 g/mol. The molecule has 0 unspecified atom stereocenters. The molecule has 1 saturated carbocycles. The Hall–Kier alpha value is -0.860. The predicted molar refractivity (Wildman–Crippen MR) is 73.9 cm³/mol. The number of nitrogens with one attached hydrogen (secondary N) is 1. The van der Waals surface area contributed by atoms with Crippen molar-refractivity contribution in [3.63, 3.8) is 0 Å². The Bertz CT molecular complexity index is 388. The lowest BCUT2D eigenvalue weighted by Gasteiger charge is -2.38. The summed E-state index contributed by atoms with van der Waals surface area (Å²) in [5.41, 5.74) is 3.13. The van der Waals surface area contributed by atoms with E-state index < -0.39 is 0 Å². The Kier molecular flexibility index (Phi) is 3.40. The van der Waals surface area contributed by atoms with Gasteiger partial charge in [0.25, 0.3) is 0 Å². The van der Waals surface area contributed by atoms with Gasteiger partial charge in [-0.05, 0) is 38.2 Å². The summed E-state index contributed by atoms with van der Waals surface area (Å²) in [6, 6.07) is 9.90. The maximum Gasteiger partial charge on any atom is 0.0475 e. The summed E-state index contributed by atoms with van der Waals surface area (Å²) in [4.78, 5) is 0. The molecule has 2 heteroatoms. The van der Waals surface area contributed by atoms with Crippen molar-refractivity contribution in [2.45, 2.75) is 44.1 Å². The van der Waals surface area contributed by atoms with Gasteiger partial charge in [0.15, 0.2) is 0 Å². The fourth-order valence-corrected chi connectivity index (χ4v) is 2.86. The van der Waals surface area contributed by atoms with Crippen LogP contribution in [0.4, 0.5) is 0 Å². The minimum absolute atomic E-state index is 0.300. The van der Waals surface area contributed by atoms with Gasteiger partial charge in [0.05, 0.1) is 0 Å². The lowest BCUT2D eigenvalue weighted by atomic mass is 9.74. The Morgan fingerprint density at radius 2 is 1.83 bits per heavy atom. The zero-order valence-electron chi connectivity index (χ0n) is 11.2. The van der Waals surface area contributed by atoms with Gasteiger partial charge in [-0.25, -0.2) is 0 Å². The summed E-state index contributed by atoms with van der Waals surface area (Å²) in [6.45, 7) is 5.08. The van der Waals surface area contributed by atoms with Crippen LogP contribution in [0.5, 0.6) is 0 Å². The van der Waals surface area contributed by atoms with Crippen molar-refractivity contribution in [2.24, 2.45) is 0 Å². The van der Waals surface area contributed by atoms with Crippen molar-refractivity contribution >= 4 is 0 Å². The highest BCUT2D eigenvalue weighted by atomic mass is 16.5. The molecule has 2 aliphatic rings. The molecule has 3 rings (SSSR count). The highest BCUT2D eigenvalue weighted by Gasteiger charge is 2.35. The SMILES string of the molecule is Cc1ccc(C2(CNC3CC3)CCOCC2)cc1. The van der Waals surface area contributed by atoms with Crippen LogP contribution in [0, 0.1) is 6.92 Å². The van der Waals surface area contributed by atoms with Crippen molar-refractivity contribution in [1.29, 1.82) is 0 Å². The van der Waals surface area contributed by atoms with Gasteiger partial charge in [-0.1, -0.05) is 29.8 Å². The fraction of sp³-hybridized carbons (Fsp3) is 0.625. The lowest BCUT2D eigenvalue weighted by Crippen LogP contribution is -2.43. The predicted octanol–water partition coefficient (Wildman–Crippen LogP) is 2.80. The molecule has 1 aliphatic heterocycles. The largest absolute Gasteiger partial charge is 0.381 e. The summed E-state index contributed by atoms with van der Waals surface area (Å²) >= 11 is 0.